The molecule has 5 nitrogen and oxygen atoms in total. The zero-order chi connectivity index (χ0) is 16.8. The van der Waals surface area contributed by atoms with E-state index < -0.39 is 0 Å². The van der Waals surface area contributed by atoms with Gasteiger partial charge in [0.25, 0.3) is 5.91 Å². The van der Waals surface area contributed by atoms with Crippen LogP contribution in [0.3, 0.4) is 0 Å². The first-order valence-electron chi connectivity index (χ1n) is 7.51. The highest BCUT2D eigenvalue weighted by Crippen LogP contribution is 2.25. The molecule has 0 atom stereocenters. The van der Waals surface area contributed by atoms with Crippen LogP contribution in [0.4, 0.5) is 0 Å². The van der Waals surface area contributed by atoms with E-state index in [-0.39, 0.29) is 5.91 Å². The maximum absolute atomic E-state index is 12.5. The highest BCUT2D eigenvalue weighted by molar-refractivity contribution is 5.92. The van der Waals surface area contributed by atoms with E-state index in [2.05, 4.69) is 4.98 Å². The Morgan fingerprint density at radius 3 is 2.61 bits per heavy atom. The molecule has 5 heteroatoms. The van der Waals surface area contributed by atoms with Crippen LogP contribution in [0.15, 0.2) is 36.4 Å². The molecule has 1 aromatic heterocycles. The third kappa shape index (κ3) is 4.00. The predicted octanol–water partition coefficient (Wildman–Crippen LogP) is 2.93. The molecule has 2 aromatic rings. The number of methoxy groups -OCH3 is 2. The van der Waals surface area contributed by atoms with E-state index in [1.807, 2.05) is 37.3 Å². The van der Waals surface area contributed by atoms with Crippen molar-refractivity contribution in [3.8, 4) is 11.5 Å². The van der Waals surface area contributed by atoms with Crippen LogP contribution in [0.2, 0.25) is 0 Å². The molecule has 0 saturated carbocycles. The van der Waals surface area contributed by atoms with Crippen molar-refractivity contribution in [1.82, 2.24) is 9.88 Å². The minimum atomic E-state index is -0.113. The Hall–Kier alpha value is -2.56. The lowest BCUT2D eigenvalue weighted by atomic mass is 10.1. The van der Waals surface area contributed by atoms with E-state index in [4.69, 9.17) is 9.47 Å². The van der Waals surface area contributed by atoms with Crippen LogP contribution in [-0.2, 0) is 13.0 Å². The van der Waals surface area contributed by atoms with Gasteiger partial charge in [-0.15, -0.1) is 0 Å². The first-order chi connectivity index (χ1) is 11.1. The molecule has 0 N–H and O–H groups in total. The molecule has 1 aromatic carbocycles. The summed E-state index contributed by atoms with van der Waals surface area (Å²) in [6.45, 7) is 2.45. The zero-order valence-electron chi connectivity index (χ0n) is 14.0. The van der Waals surface area contributed by atoms with Crippen molar-refractivity contribution in [2.75, 3.05) is 21.3 Å². The van der Waals surface area contributed by atoms with Crippen molar-refractivity contribution in [3.63, 3.8) is 0 Å². The Balaban J connectivity index is 2.17. The lowest BCUT2D eigenvalue weighted by Crippen LogP contribution is -2.27. The number of aryl methyl sites for hydroxylation is 1. The van der Waals surface area contributed by atoms with Crippen molar-refractivity contribution in [2.45, 2.75) is 19.9 Å². The van der Waals surface area contributed by atoms with Gasteiger partial charge in [0.15, 0.2) is 0 Å². The molecule has 0 aliphatic carbocycles. The second-order valence-corrected chi connectivity index (χ2v) is 5.21. The Morgan fingerprint density at radius 1 is 1.17 bits per heavy atom. The van der Waals surface area contributed by atoms with Crippen molar-refractivity contribution >= 4 is 5.91 Å². The monoisotopic (exact) mass is 314 g/mol. The molecular formula is C18H22N2O3. The van der Waals surface area contributed by atoms with Crippen molar-refractivity contribution in [3.05, 3.63) is 53.3 Å². The van der Waals surface area contributed by atoms with E-state index in [9.17, 15) is 4.79 Å². The van der Waals surface area contributed by atoms with Crippen LogP contribution in [0.5, 0.6) is 11.5 Å². The lowest BCUT2D eigenvalue weighted by molar-refractivity contribution is 0.0778. The molecule has 0 saturated heterocycles. The number of hydrogen-bond donors (Lipinski definition) is 0. The average Bonchev–Trinajstić information content (AvgIpc) is 2.61. The molecule has 0 aliphatic heterocycles. The van der Waals surface area contributed by atoms with E-state index in [1.165, 1.54) is 0 Å². The summed E-state index contributed by atoms with van der Waals surface area (Å²) in [7, 11) is 4.97. The third-order valence-corrected chi connectivity index (χ3v) is 3.64. The van der Waals surface area contributed by atoms with Crippen LogP contribution in [0.25, 0.3) is 0 Å². The summed E-state index contributed by atoms with van der Waals surface area (Å²) in [6.07, 6.45) is 0.803. The number of hydrogen-bond acceptors (Lipinski definition) is 4. The number of rotatable bonds is 6. The lowest BCUT2D eigenvalue weighted by Gasteiger charge is -2.19. The summed E-state index contributed by atoms with van der Waals surface area (Å²) in [6, 6.07) is 11.1. The van der Waals surface area contributed by atoms with E-state index in [1.54, 1.807) is 32.2 Å². The molecule has 0 fully saturated rings. The van der Waals surface area contributed by atoms with Gasteiger partial charge < -0.3 is 14.4 Å². The highest BCUT2D eigenvalue weighted by Gasteiger charge is 2.16. The highest BCUT2D eigenvalue weighted by atomic mass is 16.5. The van der Waals surface area contributed by atoms with Crippen LogP contribution in [0.1, 0.15) is 28.7 Å². The van der Waals surface area contributed by atoms with Crippen LogP contribution >= 0.6 is 0 Å². The number of aromatic nitrogens is 1. The summed E-state index contributed by atoms with van der Waals surface area (Å²) in [5.41, 5.74) is 2.28. The molecule has 0 spiro atoms. The summed E-state index contributed by atoms with van der Waals surface area (Å²) >= 11 is 0. The first kappa shape index (κ1) is 16.8. The van der Waals surface area contributed by atoms with Gasteiger partial charge >= 0.3 is 0 Å². The Bertz CT molecular complexity index is 686. The summed E-state index contributed by atoms with van der Waals surface area (Å²) in [4.78, 5) is 18.6. The number of carbonyl (C=O) groups is 1. The smallest absolute Gasteiger partial charge is 0.272 e. The molecule has 0 unspecified atom stereocenters. The predicted molar refractivity (Wildman–Crippen MR) is 89.0 cm³/mol. The maximum Gasteiger partial charge on any atom is 0.272 e. The molecule has 2 rings (SSSR count). The molecule has 0 aliphatic rings. The number of nitrogens with zero attached hydrogens (tertiary/aromatic N) is 2. The molecule has 1 heterocycles. The van der Waals surface area contributed by atoms with Crippen molar-refractivity contribution in [2.24, 2.45) is 0 Å². The fourth-order valence-electron chi connectivity index (χ4n) is 2.30. The minimum absolute atomic E-state index is 0.113. The van der Waals surface area contributed by atoms with Gasteiger partial charge in [0.05, 0.1) is 14.2 Å². The normalized spacial score (nSPS) is 10.3. The zero-order valence-corrected chi connectivity index (χ0v) is 14.0. The van der Waals surface area contributed by atoms with Gasteiger partial charge in [-0.3, -0.25) is 4.79 Å². The maximum atomic E-state index is 12.5. The topological polar surface area (TPSA) is 51.7 Å². The van der Waals surface area contributed by atoms with E-state index in [0.717, 1.165) is 23.4 Å². The third-order valence-electron chi connectivity index (χ3n) is 3.64. The molecule has 0 bridgehead atoms. The average molecular weight is 314 g/mol. The van der Waals surface area contributed by atoms with E-state index >= 15 is 0 Å². The Labute approximate surface area is 136 Å². The SMILES string of the molecule is CCc1cccc(C(=O)N(C)Cc2ccc(OC)cc2OC)n1. The molecular weight excluding hydrogens is 292 g/mol. The summed E-state index contributed by atoms with van der Waals surface area (Å²) < 4.78 is 10.6. The number of ether oxygens (including phenoxy) is 2. The standard InChI is InChI=1S/C18H22N2O3/c1-5-14-7-6-8-16(19-14)18(21)20(2)12-13-9-10-15(22-3)11-17(13)23-4/h6-11H,5,12H2,1-4H3. The second-order valence-electron chi connectivity index (χ2n) is 5.21. The fourth-order valence-corrected chi connectivity index (χ4v) is 2.30. The van der Waals surface area contributed by atoms with Crippen molar-refractivity contribution in [1.29, 1.82) is 0 Å². The van der Waals surface area contributed by atoms with Gasteiger partial charge in [-0.25, -0.2) is 4.98 Å². The Kier molecular flexibility index (Phi) is 5.57. The number of carbonyl (C=O) groups excluding carboxylic acids is 1. The van der Waals surface area contributed by atoms with Gasteiger partial charge in [-0.2, -0.15) is 0 Å². The summed E-state index contributed by atoms with van der Waals surface area (Å²) in [5, 5.41) is 0. The van der Waals surface area contributed by atoms with E-state index in [0.29, 0.717) is 18.0 Å². The number of benzene rings is 1. The van der Waals surface area contributed by atoms with Gasteiger partial charge in [-0.1, -0.05) is 13.0 Å². The number of amides is 1. The van der Waals surface area contributed by atoms with Crippen molar-refractivity contribution < 1.29 is 14.3 Å². The van der Waals surface area contributed by atoms with Gasteiger partial charge in [0.2, 0.25) is 0 Å². The number of pyridine rings is 1. The molecule has 23 heavy (non-hydrogen) atoms. The Morgan fingerprint density at radius 2 is 1.96 bits per heavy atom. The largest absolute Gasteiger partial charge is 0.497 e. The molecule has 122 valence electrons. The van der Waals surface area contributed by atoms with Crippen LogP contribution in [-0.4, -0.2) is 37.1 Å². The van der Waals surface area contributed by atoms with Gasteiger partial charge in [0.1, 0.15) is 17.2 Å². The van der Waals surface area contributed by atoms with Gasteiger partial charge in [0, 0.05) is 30.9 Å². The molecule has 1 amide bonds. The fraction of sp³-hybridized carbons (Fsp3) is 0.333. The quantitative estimate of drug-likeness (QED) is 0.822. The van der Waals surface area contributed by atoms with Crippen LogP contribution in [0, 0.1) is 0 Å². The van der Waals surface area contributed by atoms with Crippen LogP contribution < -0.4 is 9.47 Å². The molecule has 0 radical (unpaired) electrons. The second kappa shape index (κ2) is 7.63. The first-order valence-corrected chi connectivity index (χ1v) is 7.51. The van der Waals surface area contributed by atoms with Gasteiger partial charge in [-0.05, 0) is 30.7 Å². The summed E-state index contributed by atoms with van der Waals surface area (Å²) in [5.74, 6) is 1.30. The minimum Gasteiger partial charge on any atom is -0.497 e.